The van der Waals surface area contributed by atoms with Gasteiger partial charge in [-0.15, -0.1) is 23.7 Å². The molecule has 0 saturated carbocycles. The highest BCUT2D eigenvalue weighted by molar-refractivity contribution is 7.13. The Labute approximate surface area is 153 Å². The van der Waals surface area contributed by atoms with E-state index in [4.69, 9.17) is 4.74 Å². The van der Waals surface area contributed by atoms with Crippen molar-refractivity contribution in [3.63, 3.8) is 0 Å². The van der Waals surface area contributed by atoms with Gasteiger partial charge in [0.1, 0.15) is 16.0 Å². The van der Waals surface area contributed by atoms with Crippen LogP contribution in [0.2, 0.25) is 0 Å². The van der Waals surface area contributed by atoms with Crippen molar-refractivity contribution in [1.82, 2.24) is 20.1 Å². The normalized spacial score (nSPS) is 28.1. The van der Waals surface area contributed by atoms with Crippen LogP contribution in [0.25, 0.3) is 0 Å². The lowest BCUT2D eigenvalue weighted by Crippen LogP contribution is -2.49. The van der Waals surface area contributed by atoms with E-state index in [0.29, 0.717) is 6.04 Å². The number of amides is 1. The average molecular weight is 373 g/mol. The van der Waals surface area contributed by atoms with Gasteiger partial charge < -0.3 is 15.0 Å². The van der Waals surface area contributed by atoms with E-state index in [-0.39, 0.29) is 24.4 Å². The van der Waals surface area contributed by atoms with E-state index in [1.165, 1.54) is 11.3 Å². The minimum Gasteiger partial charge on any atom is -0.371 e. The molecular formula is C16H25ClN4O2S. The van der Waals surface area contributed by atoms with Crippen molar-refractivity contribution in [1.29, 1.82) is 0 Å². The number of hydrogen-bond acceptors (Lipinski definition) is 6. The Bertz CT molecular complexity index is 558. The summed E-state index contributed by atoms with van der Waals surface area (Å²) in [4.78, 5) is 22.4. The predicted octanol–water partition coefficient (Wildman–Crippen LogP) is 1.54. The van der Waals surface area contributed by atoms with Gasteiger partial charge in [-0.1, -0.05) is 0 Å². The van der Waals surface area contributed by atoms with Crippen LogP contribution in [0.3, 0.4) is 0 Å². The summed E-state index contributed by atoms with van der Waals surface area (Å²) < 4.78 is 5.66. The number of halogens is 1. The van der Waals surface area contributed by atoms with E-state index in [1.807, 2.05) is 4.90 Å². The maximum Gasteiger partial charge on any atom is 0.265 e. The Morgan fingerprint density at radius 1 is 1.29 bits per heavy atom. The molecule has 8 heteroatoms. The molecule has 3 fully saturated rings. The van der Waals surface area contributed by atoms with Crippen molar-refractivity contribution >= 4 is 29.7 Å². The van der Waals surface area contributed by atoms with Crippen molar-refractivity contribution in [2.45, 2.75) is 31.4 Å². The minimum absolute atomic E-state index is 0. The van der Waals surface area contributed by atoms with Crippen molar-refractivity contribution in [2.75, 3.05) is 45.9 Å². The van der Waals surface area contributed by atoms with Gasteiger partial charge in [0.2, 0.25) is 0 Å². The van der Waals surface area contributed by atoms with Crippen LogP contribution in [0, 0.1) is 0 Å². The third kappa shape index (κ3) is 3.75. The molecule has 4 heterocycles. The highest BCUT2D eigenvalue weighted by Crippen LogP contribution is 2.32. The second kappa shape index (κ2) is 8.10. The second-order valence-corrected chi connectivity index (χ2v) is 7.61. The van der Waals surface area contributed by atoms with Crippen LogP contribution in [0.4, 0.5) is 0 Å². The predicted molar refractivity (Wildman–Crippen MR) is 96.0 cm³/mol. The van der Waals surface area contributed by atoms with Gasteiger partial charge in [0.05, 0.1) is 6.20 Å². The van der Waals surface area contributed by atoms with Gasteiger partial charge in [0, 0.05) is 51.9 Å². The molecule has 0 bridgehead atoms. The summed E-state index contributed by atoms with van der Waals surface area (Å²) in [7, 11) is 0. The maximum atomic E-state index is 12.7. The van der Waals surface area contributed by atoms with Gasteiger partial charge >= 0.3 is 0 Å². The largest absolute Gasteiger partial charge is 0.371 e. The van der Waals surface area contributed by atoms with E-state index in [1.54, 1.807) is 6.20 Å². The molecule has 0 spiro atoms. The Hall–Kier alpha value is -0.730. The molecule has 6 nitrogen and oxygen atoms in total. The van der Waals surface area contributed by atoms with Gasteiger partial charge in [0.15, 0.2) is 0 Å². The highest BCUT2D eigenvalue weighted by atomic mass is 35.5. The van der Waals surface area contributed by atoms with Crippen LogP contribution in [0.1, 0.15) is 40.0 Å². The summed E-state index contributed by atoms with van der Waals surface area (Å²) in [6, 6.07) is 0.520. The maximum absolute atomic E-state index is 12.7. The van der Waals surface area contributed by atoms with Gasteiger partial charge in [-0.3, -0.25) is 9.69 Å². The van der Waals surface area contributed by atoms with E-state index >= 15 is 0 Å². The molecular weight excluding hydrogens is 348 g/mol. The lowest BCUT2D eigenvalue weighted by Gasteiger charge is -2.32. The monoisotopic (exact) mass is 372 g/mol. The lowest BCUT2D eigenvalue weighted by atomic mass is 10.2. The fraction of sp³-hybridized carbons (Fsp3) is 0.750. The molecule has 4 rings (SSSR count). The molecule has 0 aromatic carbocycles. The molecule has 2 unspecified atom stereocenters. The summed E-state index contributed by atoms with van der Waals surface area (Å²) >= 11 is 1.51. The molecule has 1 aromatic rings. The van der Waals surface area contributed by atoms with Crippen LogP contribution in [0.15, 0.2) is 6.20 Å². The summed E-state index contributed by atoms with van der Waals surface area (Å²) in [5.41, 5.74) is 0. The summed E-state index contributed by atoms with van der Waals surface area (Å²) in [6.07, 6.45) is 5.04. The van der Waals surface area contributed by atoms with Crippen LogP contribution in [-0.2, 0) is 4.74 Å². The summed E-state index contributed by atoms with van der Waals surface area (Å²) in [6.45, 7) is 6.83. The molecule has 3 saturated heterocycles. The van der Waals surface area contributed by atoms with Crippen LogP contribution in [-0.4, -0.2) is 72.6 Å². The van der Waals surface area contributed by atoms with E-state index < -0.39 is 0 Å². The number of ether oxygens (including phenoxy) is 1. The van der Waals surface area contributed by atoms with Crippen LogP contribution >= 0.6 is 23.7 Å². The number of nitrogens with zero attached hydrogens (tertiary/aromatic N) is 3. The third-order valence-electron chi connectivity index (χ3n) is 5.06. The quantitative estimate of drug-likeness (QED) is 0.872. The summed E-state index contributed by atoms with van der Waals surface area (Å²) in [5, 5.41) is 4.35. The van der Waals surface area contributed by atoms with Crippen LogP contribution in [0.5, 0.6) is 0 Å². The van der Waals surface area contributed by atoms with E-state index in [9.17, 15) is 4.79 Å². The second-order valence-electron chi connectivity index (χ2n) is 6.54. The van der Waals surface area contributed by atoms with Gasteiger partial charge in [-0.25, -0.2) is 4.98 Å². The van der Waals surface area contributed by atoms with Gasteiger partial charge in [-0.2, -0.15) is 0 Å². The molecule has 3 aliphatic rings. The number of piperazine rings is 1. The fourth-order valence-corrected chi connectivity index (χ4v) is 4.71. The van der Waals surface area contributed by atoms with Crippen molar-refractivity contribution in [3.05, 3.63) is 16.1 Å². The van der Waals surface area contributed by atoms with Crippen LogP contribution < -0.4 is 5.32 Å². The van der Waals surface area contributed by atoms with Crippen molar-refractivity contribution < 1.29 is 9.53 Å². The highest BCUT2D eigenvalue weighted by Gasteiger charge is 2.32. The molecule has 0 radical (unpaired) electrons. The first-order valence-corrected chi connectivity index (χ1v) is 9.44. The molecule has 24 heavy (non-hydrogen) atoms. The smallest absolute Gasteiger partial charge is 0.265 e. The zero-order valence-electron chi connectivity index (χ0n) is 13.8. The third-order valence-corrected chi connectivity index (χ3v) is 6.14. The van der Waals surface area contributed by atoms with Crippen molar-refractivity contribution in [2.24, 2.45) is 0 Å². The summed E-state index contributed by atoms with van der Waals surface area (Å²) in [5.74, 6) is 0.143. The number of carbonyl (C=O) groups excluding carboxylic acids is 1. The number of carbonyl (C=O) groups is 1. The average Bonchev–Trinajstić information content (AvgIpc) is 3.35. The topological polar surface area (TPSA) is 57.7 Å². The Kier molecular flexibility index (Phi) is 6.10. The first-order valence-electron chi connectivity index (χ1n) is 8.62. The Morgan fingerprint density at radius 2 is 2.12 bits per heavy atom. The van der Waals surface area contributed by atoms with E-state index in [0.717, 1.165) is 75.0 Å². The number of thiazole rings is 1. The van der Waals surface area contributed by atoms with E-state index in [2.05, 4.69) is 15.2 Å². The number of rotatable bonds is 3. The SMILES string of the molecule is Cl.O=C(c1cnc(C2CCCO2)s1)N1CCC(N2CCNCC2)C1. The zero-order chi connectivity index (χ0) is 15.6. The Balaban J connectivity index is 0.00000169. The van der Waals surface area contributed by atoms with Gasteiger partial charge in [0.25, 0.3) is 5.91 Å². The molecule has 1 aromatic heterocycles. The fourth-order valence-electron chi connectivity index (χ4n) is 3.74. The molecule has 1 amide bonds. The molecule has 2 atom stereocenters. The Morgan fingerprint density at radius 3 is 2.88 bits per heavy atom. The standard InChI is InChI=1S/C16H24N4O2S.ClH/c21-16(14-10-18-15(23-14)13-2-1-9-22-13)20-6-3-12(11-20)19-7-4-17-5-8-19;/h10,12-13,17H,1-9,11H2;1H. The first kappa shape index (κ1) is 18.1. The molecule has 1 N–H and O–H groups in total. The number of nitrogens with one attached hydrogen (secondary N) is 1. The molecule has 3 aliphatic heterocycles. The molecule has 134 valence electrons. The number of hydrogen-bond donors (Lipinski definition) is 1. The van der Waals surface area contributed by atoms with Gasteiger partial charge in [-0.05, 0) is 19.3 Å². The lowest BCUT2D eigenvalue weighted by molar-refractivity contribution is 0.0778. The first-order chi connectivity index (χ1) is 11.3. The number of aromatic nitrogens is 1. The molecule has 0 aliphatic carbocycles. The van der Waals surface area contributed by atoms with Crippen molar-refractivity contribution in [3.8, 4) is 0 Å². The minimum atomic E-state index is 0. The number of likely N-dealkylation sites (tertiary alicyclic amines) is 1. The zero-order valence-corrected chi connectivity index (χ0v) is 15.4.